The molecule has 6 heteroatoms. The number of methoxy groups -OCH3 is 2. The Morgan fingerprint density at radius 1 is 0.966 bits per heavy atom. The lowest BCUT2D eigenvalue weighted by Gasteiger charge is -2.03. The zero-order chi connectivity index (χ0) is 21.5. The monoisotopic (exact) mass is 395 g/mol. The number of ether oxygens (including phenoxy) is 2. The lowest BCUT2D eigenvalue weighted by Crippen LogP contribution is -1.87. The van der Waals surface area contributed by atoms with E-state index in [1.54, 1.807) is 33.6 Å². The van der Waals surface area contributed by atoms with Crippen molar-refractivity contribution in [1.29, 1.82) is 0 Å². The fraction of sp³-hybridized carbons (Fsp3) is 0.261. The second-order valence-corrected chi connectivity index (χ2v) is 5.30. The number of hydrogen-bond acceptors (Lipinski definition) is 6. The summed E-state index contributed by atoms with van der Waals surface area (Å²) in [6.45, 7) is 7.63. The molecular formula is C23H29N3O3. The molecule has 0 atom stereocenters. The minimum absolute atomic E-state index is 0.486. The maximum absolute atomic E-state index is 5.31. The third-order valence-corrected chi connectivity index (χ3v) is 3.48. The van der Waals surface area contributed by atoms with E-state index in [0.717, 1.165) is 22.6 Å². The Kier molecular flexibility index (Phi) is 11.2. The van der Waals surface area contributed by atoms with Crippen LogP contribution in [-0.2, 0) is 4.74 Å². The molecule has 1 aromatic heterocycles. The SMILES string of the molecule is CC.CC=N/C=C(\OC)c1ccccc1.COc1ccccc1-c1nnc(C)o1. The lowest BCUT2D eigenvalue weighted by molar-refractivity contribution is 0.369. The standard InChI is InChI=1S/C11H13NO.C10H10N2O2.C2H6/c1-3-12-9-11(13-2)10-7-5-4-6-8-10;1-7-11-12-10(14-7)8-5-3-4-6-9(8)13-2;1-2/h3-9H,1-2H3;3-6H,1-2H3;1-2H3/b11-9-,12-3?;;. The molecule has 2 aromatic carbocycles. The predicted octanol–water partition coefficient (Wildman–Crippen LogP) is 5.80. The van der Waals surface area contributed by atoms with Crippen LogP contribution in [0.15, 0.2) is 70.2 Å². The molecule has 0 bridgehead atoms. The van der Waals surface area contributed by atoms with Crippen LogP contribution in [0.2, 0.25) is 0 Å². The molecule has 0 N–H and O–H groups in total. The normalized spacial score (nSPS) is 10.5. The van der Waals surface area contributed by atoms with E-state index >= 15 is 0 Å². The Morgan fingerprint density at radius 2 is 1.62 bits per heavy atom. The summed E-state index contributed by atoms with van der Waals surface area (Å²) in [7, 11) is 3.26. The molecule has 3 aromatic rings. The summed E-state index contributed by atoms with van der Waals surface area (Å²) in [6.07, 6.45) is 3.43. The van der Waals surface area contributed by atoms with Gasteiger partial charge in [0.25, 0.3) is 5.89 Å². The molecule has 29 heavy (non-hydrogen) atoms. The van der Waals surface area contributed by atoms with Gasteiger partial charge in [-0.25, -0.2) is 0 Å². The van der Waals surface area contributed by atoms with Crippen LogP contribution in [0.4, 0.5) is 0 Å². The van der Waals surface area contributed by atoms with E-state index < -0.39 is 0 Å². The topological polar surface area (TPSA) is 69.7 Å². The van der Waals surface area contributed by atoms with Gasteiger partial charge in [0, 0.05) is 18.7 Å². The van der Waals surface area contributed by atoms with Gasteiger partial charge in [0.2, 0.25) is 5.89 Å². The Balaban J connectivity index is 0.000000268. The van der Waals surface area contributed by atoms with Crippen LogP contribution in [0.5, 0.6) is 5.75 Å². The van der Waals surface area contributed by atoms with Gasteiger partial charge in [0.05, 0.1) is 26.0 Å². The molecule has 0 aliphatic rings. The molecule has 0 radical (unpaired) electrons. The summed E-state index contributed by atoms with van der Waals surface area (Å²) < 4.78 is 15.7. The summed E-state index contributed by atoms with van der Waals surface area (Å²) in [5.74, 6) is 2.54. The van der Waals surface area contributed by atoms with Crippen LogP contribution in [0, 0.1) is 6.92 Å². The molecule has 0 aliphatic carbocycles. The largest absolute Gasteiger partial charge is 0.496 e. The van der Waals surface area contributed by atoms with Crippen LogP contribution in [0.1, 0.15) is 32.2 Å². The second kappa shape index (κ2) is 13.7. The fourth-order valence-electron chi connectivity index (χ4n) is 2.22. The van der Waals surface area contributed by atoms with Gasteiger partial charge in [0.15, 0.2) is 0 Å². The van der Waals surface area contributed by atoms with Crippen LogP contribution >= 0.6 is 0 Å². The van der Waals surface area contributed by atoms with Crippen molar-refractivity contribution >= 4 is 12.0 Å². The Labute approximate surface area is 172 Å². The number of para-hydroxylation sites is 1. The Hall–Kier alpha value is -3.41. The number of aryl methyl sites for hydroxylation is 1. The first-order valence-corrected chi connectivity index (χ1v) is 9.40. The van der Waals surface area contributed by atoms with E-state index in [-0.39, 0.29) is 0 Å². The minimum Gasteiger partial charge on any atom is -0.496 e. The molecule has 0 saturated carbocycles. The van der Waals surface area contributed by atoms with Crippen LogP contribution < -0.4 is 4.74 Å². The Bertz CT molecular complexity index is 887. The van der Waals surface area contributed by atoms with E-state index in [4.69, 9.17) is 13.9 Å². The van der Waals surface area contributed by atoms with Gasteiger partial charge < -0.3 is 13.9 Å². The molecule has 0 fully saturated rings. The predicted molar refractivity (Wildman–Crippen MR) is 118 cm³/mol. The van der Waals surface area contributed by atoms with Crippen molar-refractivity contribution in [2.24, 2.45) is 4.99 Å². The fourth-order valence-corrected chi connectivity index (χ4v) is 2.22. The molecular weight excluding hydrogens is 366 g/mol. The summed E-state index contributed by atoms with van der Waals surface area (Å²) in [5.41, 5.74) is 1.85. The van der Waals surface area contributed by atoms with Crippen LogP contribution in [0.25, 0.3) is 17.2 Å². The van der Waals surface area contributed by atoms with E-state index in [2.05, 4.69) is 15.2 Å². The third kappa shape index (κ3) is 7.62. The first-order valence-electron chi connectivity index (χ1n) is 9.40. The first kappa shape index (κ1) is 23.6. The van der Waals surface area contributed by atoms with Gasteiger partial charge >= 0.3 is 0 Å². The molecule has 154 valence electrons. The van der Waals surface area contributed by atoms with E-state index in [0.29, 0.717) is 11.8 Å². The number of aliphatic imine (C=N–C) groups is 1. The maximum Gasteiger partial charge on any atom is 0.251 e. The molecule has 3 rings (SSSR count). The van der Waals surface area contributed by atoms with Gasteiger partial charge in [-0.15, -0.1) is 10.2 Å². The average molecular weight is 396 g/mol. The van der Waals surface area contributed by atoms with Crippen LogP contribution in [0.3, 0.4) is 0 Å². The van der Waals surface area contributed by atoms with E-state index in [9.17, 15) is 0 Å². The molecule has 0 amide bonds. The zero-order valence-corrected chi connectivity index (χ0v) is 17.9. The molecule has 0 aliphatic heterocycles. The smallest absolute Gasteiger partial charge is 0.251 e. The number of nitrogens with zero attached hydrogens (tertiary/aromatic N) is 3. The van der Waals surface area contributed by atoms with Crippen molar-refractivity contribution in [3.8, 4) is 17.2 Å². The van der Waals surface area contributed by atoms with Gasteiger partial charge in [-0.2, -0.15) is 0 Å². The van der Waals surface area contributed by atoms with Gasteiger partial charge in [-0.1, -0.05) is 56.3 Å². The second-order valence-electron chi connectivity index (χ2n) is 5.30. The molecule has 0 saturated heterocycles. The van der Waals surface area contributed by atoms with Gasteiger partial charge in [0.1, 0.15) is 11.5 Å². The van der Waals surface area contributed by atoms with Crippen molar-refractivity contribution in [3.05, 3.63) is 72.3 Å². The third-order valence-electron chi connectivity index (χ3n) is 3.48. The Morgan fingerprint density at radius 3 is 2.17 bits per heavy atom. The highest BCUT2D eigenvalue weighted by Gasteiger charge is 2.10. The first-order chi connectivity index (χ1) is 14.2. The summed E-state index contributed by atoms with van der Waals surface area (Å²) >= 11 is 0. The average Bonchev–Trinajstić information content (AvgIpc) is 3.23. The molecule has 0 spiro atoms. The molecule has 0 unspecified atom stereocenters. The van der Waals surface area contributed by atoms with Crippen molar-refractivity contribution < 1.29 is 13.9 Å². The van der Waals surface area contributed by atoms with Gasteiger partial charge in [-0.05, 0) is 19.1 Å². The zero-order valence-electron chi connectivity index (χ0n) is 17.9. The van der Waals surface area contributed by atoms with Crippen molar-refractivity contribution in [3.63, 3.8) is 0 Å². The van der Waals surface area contributed by atoms with Crippen molar-refractivity contribution in [2.75, 3.05) is 14.2 Å². The van der Waals surface area contributed by atoms with Gasteiger partial charge in [-0.3, -0.25) is 4.99 Å². The highest BCUT2D eigenvalue weighted by atomic mass is 16.5. The van der Waals surface area contributed by atoms with E-state index in [1.807, 2.05) is 75.4 Å². The number of aromatic nitrogens is 2. The highest BCUT2D eigenvalue weighted by Crippen LogP contribution is 2.27. The number of rotatable bonds is 5. The number of benzene rings is 2. The lowest BCUT2D eigenvalue weighted by atomic mass is 10.2. The quantitative estimate of drug-likeness (QED) is 0.403. The molecule has 1 heterocycles. The summed E-state index contributed by atoms with van der Waals surface area (Å²) in [6, 6.07) is 17.4. The summed E-state index contributed by atoms with van der Waals surface area (Å²) in [5, 5.41) is 7.69. The number of hydrogen-bond donors (Lipinski definition) is 0. The minimum atomic E-state index is 0.486. The molecule has 6 nitrogen and oxygen atoms in total. The van der Waals surface area contributed by atoms with E-state index in [1.165, 1.54) is 0 Å². The maximum atomic E-state index is 5.31. The van der Waals surface area contributed by atoms with Crippen molar-refractivity contribution in [2.45, 2.75) is 27.7 Å². The van der Waals surface area contributed by atoms with Crippen LogP contribution in [-0.4, -0.2) is 30.6 Å². The van der Waals surface area contributed by atoms with Crippen molar-refractivity contribution in [1.82, 2.24) is 10.2 Å². The summed E-state index contributed by atoms with van der Waals surface area (Å²) in [4.78, 5) is 4.01. The highest BCUT2D eigenvalue weighted by molar-refractivity contribution is 5.63.